The van der Waals surface area contributed by atoms with Gasteiger partial charge in [0.05, 0.1) is 11.1 Å². The van der Waals surface area contributed by atoms with Gasteiger partial charge in [-0.25, -0.2) is 13.1 Å². The van der Waals surface area contributed by atoms with Gasteiger partial charge in [0.15, 0.2) is 5.76 Å². The lowest BCUT2D eigenvalue weighted by Crippen LogP contribution is -2.45. The number of nitrogens with zero attached hydrogens (tertiary/aromatic N) is 1. The Morgan fingerprint density at radius 1 is 1.29 bits per heavy atom. The fraction of sp³-hybridized carbons (Fsp3) is 0.308. The summed E-state index contributed by atoms with van der Waals surface area (Å²) in [7, 11) is -3.67. The van der Waals surface area contributed by atoms with E-state index < -0.39 is 15.6 Å². The average molecular weight is 332 g/mol. The molecular weight excluding hydrogens is 314 g/mol. The molecule has 21 heavy (non-hydrogen) atoms. The topological polar surface area (TPSA) is 98.2 Å². The minimum Gasteiger partial charge on any atom is -0.356 e. The summed E-state index contributed by atoms with van der Waals surface area (Å²) in [4.78, 5) is 0.140. The summed E-state index contributed by atoms with van der Waals surface area (Å²) in [5.74, 6) is 0.401. The molecule has 1 aromatic heterocycles. The van der Waals surface area contributed by atoms with Crippen molar-refractivity contribution < 1.29 is 12.9 Å². The number of halogens is 1. The molecule has 3 N–H and O–H groups in total. The zero-order valence-corrected chi connectivity index (χ0v) is 13.4. The van der Waals surface area contributed by atoms with Crippen molar-refractivity contribution in [2.45, 2.75) is 24.3 Å². The smallest absolute Gasteiger partial charge is 0.241 e. The molecule has 0 saturated carbocycles. The minimum atomic E-state index is -3.67. The Hall–Kier alpha value is -1.41. The Labute approximate surface area is 130 Å². The normalized spacial score (nSPS) is 12.0. The summed E-state index contributed by atoms with van der Waals surface area (Å²) in [6.45, 7) is 3.63. The monoisotopic (exact) mass is 331 g/mol. The third-order valence-corrected chi connectivity index (χ3v) is 4.06. The largest absolute Gasteiger partial charge is 0.356 e. The predicted molar refractivity (Wildman–Crippen MR) is 82.6 cm³/mol. The quantitative estimate of drug-likeness (QED) is 0.870. The van der Waals surface area contributed by atoms with Crippen LogP contribution in [0.25, 0.3) is 11.3 Å². The Bertz CT molecular complexity index is 679. The van der Waals surface area contributed by atoms with E-state index in [9.17, 15) is 8.42 Å². The van der Waals surface area contributed by atoms with E-state index in [0.29, 0.717) is 11.3 Å². The molecule has 0 radical (unpaired) electrons. The summed E-state index contributed by atoms with van der Waals surface area (Å²) in [5, 5.41) is 3.60. The molecule has 0 aliphatic carbocycles. The number of nitrogens with two attached hydrogens (primary N) is 1. The highest BCUT2D eigenvalue weighted by molar-refractivity contribution is 7.89. The van der Waals surface area contributed by atoms with Crippen LogP contribution in [0.5, 0.6) is 0 Å². The van der Waals surface area contributed by atoms with Gasteiger partial charge in [-0.05, 0) is 26.0 Å². The van der Waals surface area contributed by atoms with Crippen molar-refractivity contribution in [1.82, 2.24) is 9.88 Å². The molecule has 1 heterocycles. The number of nitrogens with one attached hydrogen (secondary N) is 1. The molecule has 8 heteroatoms. The summed E-state index contributed by atoms with van der Waals surface area (Å²) < 4.78 is 32.3. The van der Waals surface area contributed by atoms with Crippen molar-refractivity contribution in [3.63, 3.8) is 0 Å². The number of benzene rings is 1. The van der Waals surface area contributed by atoms with E-state index in [4.69, 9.17) is 10.3 Å². The molecule has 0 amide bonds. The van der Waals surface area contributed by atoms with Crippen molar-refractivity contribution in [3.05, 3.63) is 36.5 Å². The average Bonchev–Trinajstić information content (AvgIpc) is 2.90. The lowest BCUT2D eigenvalue weighted by molar-refractivity contribution is 0.431. The van der Waals surface area contributed by atoms with Gasteiger partial charge in [-0.2, -0.15) is 0 Å². The van der Waals surface area contributed by atoms with Crippen molar-refractivity contribution in [3.8, 4) is 11.3 Å². The predicted octanol–water partition coefficient (Wildman–Crippen LogP) is 1.78. The van der Waals surface area contributed by atoms with Crippen molar-refractivity contribution in [2.24, 2.45) is 5.73 Å². The van der Waals surface area contributed by atoms with Crippen LogP contribution < -0.4 is 10.5 Å². The van der Waals surface area contributed by atoms with Crippen LogP contribution in [0.15, 0.2) is 45.9 Å². The van der Waals surface area contributed by atoms with E-state index in [1.54, 1.807) is 38.1 Å². The second-order valence-corrected chi connectivity index (χ2v) is 6.92. The highest BCUT2D eigenvalue weighted by Gasteiger charge is 2.22. The fourth-order valence-corrected chi connectivity index (χ4v) is 3.05. The van der Waals surface area contributed by atoms with Gasteiger partial charge in [-0.1, -0.05) is 17.3 Å². The standard InChI is InChI=1S/C13H17N3O3S.ClH/c1-13(2,14)9-16-20(17,18)12-6-4-3-5-10(12)11-7-8-15-19-11;/h3-8,16H,9,14H2,1-2H3;1H. The number of hydrogen-bond donors (Lipinski definition) is 2. The lowest BCUT2D eigenvalue weighted by Gasteiger charge is -2.19. The third-order valence-electron chi connectivity index (χ3n) is 2.60. The minimum absolute atomic E-state index is 0. The van der Waals surface area contributed by atoms with Crippen LogP contribution in [0.2, 0.25) is 0 Å². The maximum absolute atomic E-state index is 12.4. The number of aromatic nitrogens is 1. The van der Waals surface area contributed by atoms with E-state index in [2.05, 4.69) is 9.88 Å². The second-order valence-electron chi connectivity index (χ2n) is 5.19. The molecule has 0 unspecified atom stereocenters. The van der Waals surface area contributed by atoms with Crippen molar-refractivity contribution >= 4 is 22.4 Å². The van der Waals surface area contributed by atoms with Gasteiger partial charge >= 0.3 is 0 Å². The molecule has 0 bridgehead atoms. The molecule has 0 fully saturated rings. The van der Waals surface area contributed by atoms with E-state index in [1.165, 1.54) is 12.3 Å². The maximum atomic E-state index is 12.4. The van der Waals surface area contributed by atoms with E-state index >= 15 is 0 Å². The van der Waals surface area contributed by atoms with Gasteiger partial charge in [0.2, 0.25) is 10.0 Å². The van der Waals surface area contributed by atoms with Crippen LogP contribution >= 0.6 is 12.4 Å². The van der Waals surface area contributed by atoms with Crippen LogP contribution in [-0.4, -0.2) is 25.7 Å². The Kier molecular flexibility index (Phi) is 5.52. The van der Waals surface area contributed by atoms with E-state index in [0.717, 1.165) is 0 Å². The third kappa shape index (κ3) is 4.53. The Morgan fingerprint density at radius 2 is 1.95 bits per heavy atom. The Morgan fingerprint density at radius 3 is 2.52 bits per heavy atom. The fourth-order valence-electron chi connectivity index (χ4n) is 1.62. The van der Waals surface area contributed by atoms with Gasteiger partial charge < -0.3 is 10.3 Å². The Balaban J connectivity index is 0.00000220. The first kappa shape index (κ1) is 17.6. The van der Waals surface area contributed by atoms with E-state index in [1.807, 2.05) is 0 Å². The zero-order chi connectivity index (χ0) is 14.8. The number of sulfonamides is 1. The first-order chi connectivity index (χ1) is 9.30. The molecule has 0 aliphatic rings. The van der Waals surface area contributed by atoms with Crippen LogP contribution in [-0.2, 0) is 10.0 Å². The maximum Gasteiger partial charge on any atom is 0.241 e. The molecule has 1 aromatic carbocycles. The summed E-state index contributed by atoms with van der Waals surface area (Å²) in [6.07, 6.45) is 1.47. The molecule has 116 valence electrons. The molecule has 0 spiro atoms. The van der Waals surface area contributed by atoms with Crippen molar-refractivity contribution in [2.75, 3.05) is 6.54 Å². The lowest BCUT2D eigenvalue weighted by atomic mass is 10.1. The first-order valence-corrected chi connectivity index (χ1v) is 7.56. The summed E-state index contributed by atoms with van der Waals surface area (Å²) >= 11 is 0. The highest BCUT2D eigenvalue weighted by atomic mass is 35.5. The molecular formula is C13H18ClN3O3S. The van der Waals surface area contributed by atoms with Crippen LogP contribution in [0.3, 0.4) is 0 Å². The van der Waals surface area contributed by atoms with Crippen LogP contribution in [0.1, 0.15) is 13.8 Å². The summed E-state index contributed by atoms with van der Waals surface area (Å²) in [6, 6.07) is 8.19. The molecule has 0 saturated heterocycles. The zero-order valence-electron chi connectivity index (χ0n) is 11.7. The van der Waals surface area contributed by atoms with Crippen LogP contribution in [0.4, 0.5) is 0 Å². The van der Waals surface area contributed by atoms with Crippen molar-refractivity contribution in [1.29, 1.82) is 0 Å². The summed E-state index contributed by atoms with van der Waals surface area (Å²) in [5.41, 5.74) is 5.63. The number of rotatable bonds is 5. The molecule has 0 aliphatic heterocycles. The van der Waals surface area contributed by atoms with Gasteiger partial charge in [-0.3, -0.25) is 0 Å². The molecule has 0 atom stereocenters. The highest BCUT2D eigenvalue weighted by Crippen LogP contribution is 2.26. The second kappa shape index (κ2) is 6.57. The van der Waals surface area contributed by atoms with Gasteiger partial charge in [0, 0.05) is 23.7 Å². The van der Waals surface area contributed by atoms with Crippen LogP contribution in [0, 0.1) is 0 Å². The van der Waals surface area contributed by atoms with Gasteiger partial charge in [0.25, 0.3) is 0 Å². The molecule has 2 aromatic rings. The van der Waals surface area contributed by atoms with E-state index in [-0.39, 0.29) is 23.8 Å². The number of hydrogen-bond acceptors (Lipinski definition) is 5. The molecule has 2 rings (SSSR count). The van der Waals surface area contributed by atoms with Gasteiger partial charge in [-0.15, -0.1) is 12.4 Å². The first-order valence-electron chi connectivity index (χ1n) is 6.08. The molecule has 6 nitrogen and oxygen atoms in total. The van der Waals surface area contributed by atoms with Gasteiger partial charge in [0.1, 0.15) is 0 Å². The SMILES string of the molecule is CC(C)(N)CNS(=O)(=O)c1ccccc1-c1ccno1.Cl.